The van der Waals surface area contributed by atoms with Crippen LogP contribution in [0.3, 0.4) is 0 Å². The quantitative estimate of drug-likeness (QED) is 0.509. The lowest BCUT2D eigenvalue weighted by Crippen LogP contribution is -2.01. The molecule has 0 unspecified atom stereocenters. The highest BCUT2D eigenvalue weighted by Gasteiger charge is 2.09. The van der Waals surface area contributed by atoms with Crippen LogP contribution >= 0.6 is 27.5 Å². The Hall–Kier alpha value is -0.210. The molecule has 0 saturated heterocycles. The Morgan fingerprint density at radius 3 is 2.59 bits per heavy atom. The number of benzene rings is 1. The normalized spacial score (nSPS) is 10.9. The van der Waals surface area contributed by atoms with E-state index in [0.29, 0.717) is 5.92 Å². The molecule has 17 heavy (non-hydrogen) atoms. The molecule has 0 aromatic heterocycles. The van der Waals surface area contributed by atoms with Crippen LogP contribution in [0.25, 0.3) is 0 Å². The summed E-state index contributed by atoms with van der Waals surface area (Å²) in [5.74, 6) is 1.39. The molecule has 0 aliphatic rings. The molecular formula is C14H20BrClO. The number of hydrogen-bond acceptors (Lipinski definition) is 1. The van der Waals surface area contributed by atoms with Gasteiger partial charge in [-0.2, -0.15) is 0 Å². The fourth-order valence-corrected chi connectivity index (χ4v) is 2.48. The summed E-state index contributed by atoms with van der Waals surface area (Å²) in [6, 6.07) is 4.08. The monoisotopic (exact) mass is 318 g/mol. The van der Waals surface area contributed by atoms with Crippen LogP contribution < -0.4 is 4.74 Å². The van der Waals surface area contributed by atoms with E-state index in [9.17, 15) is 0 Å². The average molecular weight is 320 g/mol. The molecule has 0 N–H and O–H groups in total. The summed E-state index contributed by atoms with van der Waals surface area (Å²) in [4.78, 5) is 0. The first-order valence-corrected chi connectivity index (χ1v) is 7.55. The number of hydrogen-bond donors (Lipinski definition) is 0. The molecule has 1 aromatic carbocycles. The van der Waals surface area contributed by atoms with Crippen molar-refractivity contribution in [2.45, 2.75) is 39.5 Å². The first-order valence-electron chi connectivity index (χ1n) is 6.05. The third-order valence-electron chi connectivity index (χ3n) is 2.70. The van der Waals surface area contributed by atoms with E-state index in [2.05, 4.69) is 35.8 Å². The SMILES string of the molecule is Cc1cc(Cl)c(C(C)C)cc1OCCCCBr. The lowest BCUT2D eigenvalue weighted by Gasteiger charge is -2.14. The predicted octanol–water partition coefficient (Wildman–Crippen LogP) is 5.33. The van der Waals surface area contributed by atoms with Gasteiger partial charge in [0.25, 0.3) is 0 Å². The summed E-state index contributed by atoms with van der Waals surface area (Å²) in [5.41, 5.74) is 2.27. The van der Waals surface area contributed by atoms with E-state index in [1.54, 1.807) is 0 Å². The summed E-state index contributed by atoms with van der Waals surface area (Å²) in [5, 5.41) is 1.87. The van der Waals surface area contributed by atoms with E-state index in [1.165, 1.54) is 0 Å². The highest BCUT2D eigenvalue weighted by atomic mass is 79.9. The van der Waals surface area contributed by atoms with E-state index >= 15 is 0 Å². The molecule has 3 heteroatoms. The molecule has 0 spiro atoms. The van der Waals surface area contributed by atoms with Crippen molar-refractivity contribution in [1.29, 1.82) is 0 Å². The maximum atomic E-state index is 6.22. The van der Waals surface area contributed by atoms with Gasteiger partial charge in [-0.3, -0.25) is 0 Å². The standard InChI is InChI=1S/C14H20BrClO/c1-10(2)12-9-14(11(3)8-13(12)16)17-7-5-4-6-15/h8-10H,4-7H2,1-3H3. The first-order chi connectivity index (χ1) is 8.06. The molecule has 0 heterocycles. The second kappa shape index (κ2) is 7.27. The van der Waals surface area contributed by atoms with Gasteiger partial charge in [0.05, 0.1) is 6.61 Å². The number of alkyl halides is 1. The van der Waals surface area contributed by atoms with Crippen molar-refractivity contribution >= 4 is 27.5 Å². The second-order valence-electron chi connectivity index (χ2n) is 4.54. The van der Waals surface area contributed by atoms with Crippen LogP contribution in [0.15, 0.2) is 12.1 Å². The van der Waals surface area contributed by atoms with Crippen LogP contribution in [-0.4, -0.2) is 11.9 Å². The molecule has 1 nitrogen and oxygen atoms in total. The summed E-state index contributed by atoms with van der Waals surface area (Å²) >= 11 is 9.64. The van der Waals surface area contributed by atoms with Crippen molar-refractivity contribution in [2.75, 3.05) is 11.9 Å². The van der Waals surface area contributed by atoms with Crippen LogP contribution in [0.4, 0.5) is 0 Å². The molecule has 1 aromatic rings. The summed E-state index contributed by atoms with van der Waals surface area (Å²) < 4.78 is 5.81. The van der Waals surface area contributed by atoms with Crippen molar-refractivity contribution in [3.05, 3.63) is 28.3 Å². The van der Waals surface area contributed by atoms with Gasteiger partial charge in [-0.25, -0.2) is 0 Å². The van der Waals surface area contributed by atoms with Gasteiger partial charge >= 0.3 is 0 Å². The van der Waals surface area contributed by atoms with Crippen molar-refractivity contribution in [3.8, 4) is 5.75 Å². The molecular weight excluding hydrogens is 300 g/mol. The Balaban J connectivity index is 2.74. The Kier molecular flexibility index (Phi) is 6.35. The third-order valence-corrected chi connectivity index (χ3v) is 3.59. The van der Waals surface area contributed by atoms with E-state index in [4.69, 9.17) is 16.3 Å². The van der Waals surface area contributed by atoms with Gasteiger partial charge in [0.15, 0.2) is 0 Å². The number of rotatable bonds is 6. The van der Waals surface area contributed by atoms with Crippen LogP contribution in [0.2, 0.25) is 5.02 Å². The highest BCUT2D eigenvalue weighted by Crippen LogP contribution is 2.31. The minimum absolute atomic E-state index is 0.424. The molecule has 0 saturated carbocycles. The number of aryl methyl sites for hydroxylation is 1. The van der Waals surface area contributed by atoms with Crippen molar-refractivity contribution in [2.24, 2.45) is 0 Å². The first kappa shape index (κ1) is 14.8. The number of halogens is 2. The highest BCUT2D eigenvalue weighted by molar-refractivity contribution is 9.09. The second-order valence-corrected chi connectivity index (χ2v) is 5.74. The molecule has 0 aliphatic carbocycles. The minimum Gasteiger partial charge on any atom is -0.493 e. The summed E-state index contributed by atoms with van der Waals surface area (Å²) in [6.45, 7) is 7.09. The van der Waals surface area contributed by atoms with Gasteiger partial charge in [0.1, 0.15) is 5.75 Å². The van der Waals surface area contributed by atoms with Crippen molar-refractivity contribution < 1.29 is 4.74 Å². The Labute approximate surface area is 118 Å². The van der Waals surface area contributed by atoms with Crippen LogP contribution in [-0.2, 0) is 0 Å². The van der Waals surface area contributed by atoms with Gasteiger partial charge in [0, 0.05) is 10.4 Å². The molecule has 96 valence electrons. The van der Waals surface area contributed by atoms with Gasteiger partial charge in [0.2, 0.25) is 0 Å². The molecule has 0 radical (unpaired) electrons. The Morgan fingerprint density at radius 1 is 1.29 bits per heavy atom. The summed E-state index contributed by atoms with van der Waals surface area (Å²) in [6.07, 6.45) is 2.22. The fraction of sp³-hybridized carbons (Fsp3) is 0.571. The van der Waals surface area contributed by atoms with E-state index < -0.39 is 0 Å². The number of unbranched alkanes of at least 4 members (excludes halogenated alkanes) is 1. The summed E-state index contributed by atoms with van der Waals surface area (Å²) in [7, 11) is 0. The third kappa shape index (κ3) is 4.51. The Morgan fingerprint density at radius 2 is 2.00 bits per heavy atom. The van der Waals surface area contributed by atoms with Crippen molar-refractivity contribution in [1.82, 2.24) is 0 Å². The van der Waals surface area contributed by atoms with E-state index in [1.807, 2.05) is 13.0 Å². The largest absolute Gasteiger partial charge is 0.493 e. The van der Waals surface area contributed by atoms with Gasteiger partial charge in [-0.05, 0) is 48.9 Å². The van der Waals surface area contributed by atoms with Gasteiger partial charge in [-0.15, -0.1) is 0 Å². The maximum absolute atomic E-state index is 6.22. The number of ether oxygens (including phenoxy) is 1. The lowest BCUT2D eigenvalue weighted by molar-refractivity contribution is 0.307. The van der Waals surface area contributed by atoms with E-state index in [-0.39, 0.29) is 0 Å². The minimum atomic E-state index is 0.424. The lowest BCUT2D eigenvalue weighted by atomic mass is 10.0. The maximum Gasteiger partial charge on any atom is 0.122 e. The molecule has 0 amide bonds. The molecule has 1 rings (SSSR count). The van der Waals surface area contributed by atoms with Crippen LogP contribution in [0, 0.1) is 6.92 Å². The molecule has 0 atom stereocenters. The molecule has 0 fully saturated rings. The molecule has 0 bridgehead atoms. The zero-order valence-corrected chi connectivity index (χ0v) is 13.1. The van der Waals surface area contributed by atoms with Gasteiger partial charge < -0.3 is 4.74 Å². The smallest absolute Gasteiger partial charge is 0.122 e. The average Bonchev–Trinajstić information content (AvgIpc) is 2.26. The zero-order valence-electron chi connectivity index (χ0n) is 10.7. The van der Waals surface area contributed by atoms with Gasteiger partial charge in [-0.1, -0.05) is 41.4 Å². The van der Waals surface area contributed by atoms with Crippen LogP contribution in [0.5, 0.6) is 5.75 Å². The predicted molar refractivity (Wildman–Crippen MR) is 78.8 cm³/mol. The van der Waals surface area contributed by atoms with Crippen LogP contribution in [0.1, 0.15) is 43.7 Å². The van der Waals surface area contributed by atoms with Crippen molar-refractivity contribution in [3.63, 3.8) is 0 Å². The molecule has 0 aliphatic heterocycles. The Bertz CT molecular complexity index is 363. The van der Waals surface area contributed by atoms with E-state index in [0.717, 1.165) is 46.7 Å². The fourth-order valence-electron chi connectivity index (χ4n) is 1.65. The zero-order chi connectivity index (χ0) is 12.8. The topological polar surface area (TPSA) is 9.23 Å².